The standard InChI is InChI=1S/C13H15N3S/c14-11-7-15-12-4-2-1-3-10(12)13(11)16-9-5-6-17-8-9/h1-4,7,9H,5-6,8,14H2,(H,15,16). The molecule has 0 bridgehead atoms. The van der Waals surface area contributed by atoms with E-state index in [-0.39, 0.29) is 0 Å². The highest BCUT2D eigenvalue weighted by atomic mass is 32.2. The van der Waals surface area contributed by atoms with Crippen LogP contribution in [-0.2, 0) is 0 Å². The monoisotopic (exact) mass is 245 g/mol. The molecule has 2 aromatic rings. The number of para-hydroxylation sites is 1. The Labute approximate surface area is 105 Å². The number of hydrogen-bond acceptors (Lipinski definition) is 4. The van der Waals surface area contributed by atoms with E-state index in [0.29, 0.717) is 6.04 Å². The summed E-state index contributed by atoms with van der Waals surface area (Å²) in [7, 11) is 0. The maximum atomic E-state index is 6.03. The predicted octanol–water partition coefficient (Wildman–Crippen LogP) is 2.73. The molecule has 1 aliphatic rings. The summed E-state index contributed by atoms with van der Waals surface area (Å²) in [5.74, 6) is 2.40. The zero-order valence-corrected chi connectivity index (χ0v) is 10.3. The zero-order valence-electron chi connectivity index (χ0n) is 9.52. The number of rotatable bonds is 2. The number of nitrogens with two attached hydrogens (primary N) is 1. The van der Waals surface area contributed by atoms with E-state index < -0.39 is 0 Å². The Hall–Kier alpha value is -1.42. The van der Waals surface area contributed by atoms with Crippen molar-refractivity contribution in [1.82, 2.24) is 4.98 Å². The van der Waals surface area contributed by atoms with Gasteiger partial charge in [-0.1, -0.05) is 18.2 Å². The molecule has 17 heavy (non-hydrogen) atoms. The molecule has 1 saturated heterocycles. The summed E-state index contributed by atoms with van der Waals surface area (Å²) in [6.45, 7) is 0. The lowest BCUT2D eigenvalue weighted by molar-refractivity contribution is 0.815. The smallest absolute Gasteiger partial charge is 0.0743 e. The number of aromatic nitrogens is 1. The van der Waals surface area contributed by atoms with Crippen molar-refractivity contribution < 1.29 is 0 Å². The van der Waals surface area contributed by atoms with Crippen LogP contribution in [0.2, 0.25) is 0 Å². The van der Waals surface area contributed by atoms with Crippen LogP contribution in [0.25, 0.3) is 10.9 Å². The Balaban J connectivity index is 2.03. The van der Waals surface area contributed by atoms with Gasteiger partial charge in [0.15, 0.2) is 0 Å². The molecule has 1 atom stereocenters. The van der Waals surface area contributed by atoms with Gasteiger partial charge in [-0.05, 0) is 18.2 Å². The number of pyridine rings is 1. The van der Waals surface area contributed by atoms with Gasteiger partial charge in [0.25, 0.3) is 0 Å². The summed E-state index contributed by atoms with van der Waals surface area (Å²) in [4.78, 5) is 4.35. The summed E-state index contributed by atoms with van der Waals surface area (Å²) in [6, 6.07) is 8.65. The fourth-order valence-corrected chi connectivity index (χ4v) is 3.32. The van der Waals surface area contributed by atoms with Crippen LogP contribution >= 0.6 is 11.8 Å². The Morgan fingerprint density at radius 3 is 3.06 bits per heavy atom. The molecule has 1 aromatic carbocycles. The first-order valence-corrected chi connectivity index (χ1v) is 6.97. The Bertz CT molecular complexity index is 535. The summed E-state index contributed by atoms with van der Waals surface area (Å²) in [5, 5.41) is 4.68. The molecule has 1 fully saturated rings. The predicted molar refractivity (Wildman–Crippen MR) is 75.5 cm³/mol. The van der Waals surface area contributed by atoms with E-state index in [2.05, 4.69) is 16.4 Å². The number of nitrogens with zero attached hydrogens (tertiary/aromatic N) is 1. The molecule has 1 unspecified atom stereocenters. The molecular weight excluding hydrogens is 230 g/mol. The van der Waals surface area contributed by atoms with Gasteiger partial charge in [-0.25, -0.2) is 0 Å². The van der Waals surface area contributed by atoms with Gasteiger partial charge >= 0.3 is 0 Å². The van der Waals surface area contributed by atoms with Crippen molar-refractivity contribution in [3.8, 4) is 0 Å². The van der Waals surface area contributed by atoms with E-state index in [4.69, 9.17) is 5.73 Å². The number of nitrogens with one attached hydrogen (secondary N) is 1. The lowest BCUT2D eigenvalue weighted by Crippen LogP contribution is -2.19. The van der Waals surface area contributed by atoms with Gasteiger partial charge in [0.1, 0.15) is 0 Å². The summed E-state index contributed by atoms with van der Waals surface area (Å²) < 4.78 is 0. The summed E-state index contributed by atoms with van der Waals surface area (Å²) >= 11 is 1.99. The van der Waals surface area contributed by atoms with Crippen LogP contribution in [0.4, 0.5) is 11.4 Å². The van der Waals surface area contributed by atoms with Crippen molar-refractivity contribution in [3.63, 3.8) is 0 Å². The number of hydrogen-bond donors (Lipinski definition) is 2. The highest BCUT2D eigenvalue weighted by molar-refractivity contribution is 7.99. The molecule has 0 spiro atoms. The topological polar surface area (TPSA) is 50.9 Å². The van der Waals surface area contributed by atoms with Gasteiger partial charge in [-0.15, -0.1) is 0 Å². The first-order valence-electron chi connectivity index (χ1n) is 5.82. The second-order valence-corrected chi connectivity index (χ2v) is 5.46. The molecule has 1 aliphatic heterocycles. The van der Waals surface area contributed by atoms with Crippen molar-refractivity contribution in [2.45, 2.75) is 12.5 Å². The van der Waals surface area contributed by atoms with Gasteiger partial charge in [0.2, 0.25) is 0 Å². The van der Waals surface area contributed by atoms with Gasteiger partial charge in [0, 0.05) is 17.2 Å². The minimum Gasteiger partial charge on any atom is -0.396 e. The van der Waals surface area contributed by atoms with Crippen molar-refractivity contribution in [1.29, 1.82) is 0 Å². The number of benzene rings is 1. The molecule has 3 N–H and O–H groups in total. The average Bonchev–Trinajstić information content (AvgIpc) is 2.86. The van der Waals surface area contributed by atoms with E-state index in [1.165, 1.54) is 12.2 Å². The SMILES string of the molecule is Nc1cnc2ccccc2c1NC1CCSC1. The number of thioether (sulfide) groups is 1. The fraction of sp³-hybridized carbons (Fsp3) is 0.308. The van der Waals surface area contributed by atoms with Gasteiger partial charge in [0.05, 0.1) is 23.1 Å². The third kappa shape index (κ3) is 2.05. The molecule has 3 nitrogen and oxygen atoms in total. The van der Waals surface area contributed by atoms with Crippen LogP contribution in [0.1, 0.15) is 6.42 Å². The van der Waals surface area contributed by atoms with Crippen molar-refractivity contribution in [2.24, 2.45) is 0 Å². The lowest BCUT2D eigenvalue weighted by Gasteiger charge is -2.16. The van der Waals surface area contributed by atoms with Crippen LogP contribution in [0.5, 0.6) is 0 Å². The van der Waals surface area contributed by atoms with Gasteiger partial charge < -0.3 is 11.1 Å². The Morgan fingerprint density at radius 1 is 1.35 bits per heavy atom. The minimum absolute atomic E-state index is 0.535. The van der Waals surface area contributed by atoms with Crippen molar-refractivity contribution >= 4 is 34.0 Å². The molecule has 3 rings (SSSR count). The van der Waals surface area contributed by atoms with E-state index in [0.717, 1.165) is 28.0 Å². The maximum Gasteiger partial charge on any atom is 0.0743 e. The van der Waals surface area contributed by atoms with Crippen LogP contribution in [0, 0.1) is 0 Å². The average molecular weight is 245 g/mol. The first kappa shape index (κ1) is 10.7. The largest absolute Gasteiger partial charge is 0.396 e. The van der Waals surface area contributed by atoms with E-state index >= 15 is 0 Å². The Kier molecular flexibility index (Phi) is 2.81. The maximum absolute atomic E-state index is 6.03. The van der Waals surface area contributed by atoms with Crippen LogP contribution in [0.3, 0.4) is 0 Å². The minimum atomic E-state index is 0.535. The van der Waals surface area contributed by atoms with Crippen LogP contribution in [-0.4, -0.2) is 22.5 Å². The van der Waals surface area contributed by atoms with E-state index in [9.17, 15) is 0 Å². The molecule has 0 amide bonds. The molecule has 2 heterocycles. The second-order valence-electron chi connectivity index (χ2n) is 4.31. The number of anilines is 2. The highest BCUT2D eigenvalue weighted by Gasteiger charge is 2.17. The third-order valence-electron chi connectivity index (χ3n) is 3.08. The highest BCUT2D eigenvalue weighted by Crippen LogP contribution is 2.30. The second kappa shape index (κ2) is 4.45. The summed E-state index contributed by atoms with van der Waals surface area (Å²) in [5.41, 5.74) is 8.81. The summed E-state index contributed by atoms with van der Waals surface area (Å²) in [6.07, 6.45) is 2.95. The van der Waals surface area contributed by atoms with Crippen LogP contribution < -0.4 is 11.1 Å². The lowest BCUT2D eigenvalue weighted by atomic mass is 10.1. The van der Waals surface area contributed by atoms with Crippen molar-refractivity contribution in [3.05, 3.63) is 30.5 Å². The fourth-order valence-electron chi connectivity index (χ4n) is 2.17. The molecule has 88 valence electrons. The van der Waals surface area contributed by atoms with Crippen LogP contribution in [0.15, 0.2) is 30.5 Å². The molecule has 4 heteroatoms. The van der Waals surface area contributed by atoms with Crippen molar-refractivity contribution in [2.75, 3.05) is 22.6 Å². The Morgan fingerprint density at radius 2 is 2.24 bits per heavy atom. The van der Waals surface area contributed by atoms with E-state index in [1.807, 2.05) is 30.0 Å². The van der Waals surface area contributed by atoms with E-state index in [1.54, 1.807) is 6.20 Å². The van der Waals surface area contributed by atoms with Gasteiger partial charge in [-0.3, -0.25) is 4.98 Å². The van der Waals surface area contributed by atoms with Gasteiger partial charge in [-0.2, -0.15) is 11.8 Å². The quantitative estimate of drug-likeness (QED) is 0.854. The third-order valence-corrected chi connectivity index (χ3v) is 4.25. The first-order chi connectivity index (χ1) is 8.34. The normalized spacial score (nSPS) is 19.6. The zero-order chi connectivity index (χ0) is 11.7. The number of nitrogen functional groups attached to an aromatic ring is 1. The molecule has 0 saturated carbocycles. The molecule has 0 radical (unpaired) electrons. The molecule has 0 aliphatic carbocycles. The molecular formula is C13H15N3S. The number of fused-ring (bicyclic) bond motifs is 1. The molecule has 1 aromatic heterocycles.